The second-order valence-electron chi connectivity index (χ2n) is 4.28. The first-order valence-electron chi connectivity index (χ1n) is 5.74. The molecular formula is C11H12I2N2O5. The Hall–Kier alpha value is -0.240. The van der Waals surface area contributed by atoms with Crippen molar-refractivity contribution in [2.24, 2.45) is 0 Å². The average Bonchev–Trinajstić information content (AvgIpc) is 2.79. The second-order valence-corrected chi connectivity index (χ2v) is 6.07. The highest BCUT2D eigenvalue weighted by molar-refractivity contribution is 14.1. The summed E-state index contributed by atoms with van der Waals surface area (Å²) in [6, 6.07) is 0. The summed E-state index contributed by atoms with van der Waals surface area (Å²) in [6.07, 6.45) is -0.673. The van der Waals surface area contributed by atoms with Crippen molar-refractivity contribution in [3.8, 4) is 0 Å². The average molecular weight is 506 g/mol. The van der Waals surface area contributed by atoms with Gasteiger partial charge in [0.2, 0.25) is 0 Å². The number of aliphatic hydroxyl groups is 2. The van der Waals surface area contributed by atoms with Crippen LogP contribution in [-0.2, 0) is 4.74 Å². The smallest absolute Gasteiger partial charge is 0.330 e. The Labute approximate surface area is 140 Å². The van der Waals surface area contributed by atoms with E-state index in [0.717, 1.165) is 0 Å². The van der Waals surface area contributed by atoms with E-state index in [0.29, 0.717) is 9.14 Å². The molecule has 1 aliphatic rings. The largest absolute Gasteiger partial charge is 0.394 e. The molecule has 0 spiro atoms. The molecule has 0 unspecified atom stereocenters. The quantitative estimate of drug-likeness (QED) is 0.514. The van der Waals surface area contributed by atoms with Crippen molar-refractivity contribution in [2.75, 3.05) is 6.61 Å². The third kappa shape index (κ3) is 3.16. The van der Waals surface area contributed by atoms with Crippen molar-refractivity contribution in [1.29, 1.82) is 0 Å². The van der Waals surface area contributed by atoms with Gasteiger partial charge < -0.3 is 14.9 Å². The number of aromatic amines is 1. The number of aromatic nitrogens is 2. The first kappa shape index (κ1) is 16.1. The highest BCUT2D eigenvalue weighted by atomic mass is 127. The standard InChI is InChI=1S/C11H12I2N2O5/c12-2-6(13)5-3-15(11(19)14-10(5)18)9-1-7(17)8(4-16)20-9/h2-3,7-9,16-17H,1,4H2,(H,14,18,19)/b6-2+/t7-,8+,9+/m0/s1. The van der Waals surface area contributed by atoms with E-state index in [9.17, 15) is 14.7 Å². The van der Waals surface area contributed by atoms with E-state index in [1.807, 2.05) is 45.2 Å². The molecule has 1 saturated heterocycles. The summed E-state index contributed by atoms with van der Waals surface area (Å²) >= 11 is 3.99. The number of ether oxygens (including phenoxy) is 1. The van der Waals surface area contributed by atoms with Gasteiger partial charge in [-0.3, -0.25) is 14.3 Å². The monoisotopic (exact) mass is 506 g/mol. The van der Waals surface area contributed by atoms with Crippen molar-refractivity contribution >= 4 is 48.8 Å². The molecule has 3 N–H and O–H groups in total. The van der Waals surface area contributed by atoms with Crippen LogP contribution >= 0.6 is 45.2 Å². The number of halogens is 2. The summed E-state index contributed by atoms with van der Waals surface area (Å²) in [5.74, 6) is 0. The molecule has 7 nitrogen and oxygen atoms in total. The molecule has 2 heterocycles. The van der Waals surface area contributed by atoms with Gasteiger partial charge in [-0.05, 0) is 26.7 Å². The molecule has 0 radical (unpaired) electrons. The van der Waals surface area contributed by atoms with Crippen LogP contribution in [0.3, 0.4) is 0 Å². The normalized spacial score (nSPS) is 27.0. The molecule has 3 atom stereocenters. The Kier molecular flexibility index (Phi) is 5.39. The van der Waals surface area contributed by atoms with Crippen molar-refractivity contribution in [2.45, 2.75) is 24.9 Å². The predicted molar refractivity (Wildman–Crippen MR) is 89.0 cm³/mol. The molecule has 0 amide bonds. The van der Waals surface area contributed by atoms with Crippen LogP contribution in [0.15, 0.2) is 19.9 Å². The second kappa shape index (κ2) is 6.68. The number of nitrogens with zero attached hydrogens (tertiary/aromatic N) is 1. The summed E-state index contributed by atoms with van der Waals surface area (Å²) in [5, 5.41) is 18.8. The lowest BCUT2D eigenvalue weighted by molar-refractivity contribution is -0.0459. The highest BCUT2D eigenvalue weighted by Gasteiger charge is 2.35. The molecule has 1 fully saturated rings. The van der Waals surface area contributed by atoms with E-state index < -0.39 is 29.7 Å². The number of aliphatic hydroxyl groups excluding tert-OH is 2. The first-order valence-corrected chi connectivity index (χ1v) is 8.06. The van der Waals surface area contributed by atoms with Gasteiger partial charge in [0.05, 0.1) is 18.3 Å². The summed E-state index contributed by atoms with van der Waals surface area (Å²) in [4.78, 5) is 25.8. The topological polar surface area (TPSA) is 105 Å². The van der Waals surface area contributed by atoms with Crippen LogP contribution in [0.2, 0.25) is 0 Å². The Bertz CT molecular complexity index is 638. The summed E-state index contributed by atoms with van der Waals surface area (Å²) < 4.78 is 9.06. The van der Waals surface area contributed by atoms with Gasteiger partial charge in [-0.1, -0.05) is 22.6 Å². The van der Waals surface area contributed by atoms with Crippen LogP contribution < -0.4 is 11.2 Å². The van der Waals surface area contributed by atoms with Gasteiger partial charge in [-0.2, -0.15) is 0 Å². The van der Waals surface area contributed by atoms with Crippen LogP contribution in [0.5, 0.6) is 0 Å². The van der Waals surface area contributed by atoms with Gasteiger partial charge in [0.25, 0.3) is 5.56 Å². The van der Waals surface area contributed by atoms with Gasteiger partial charge >= 0.3 is 5.69 Å². The number of H-pyrrole nitrogens is 1. The molecule has 2 rings (SSSR count). The Morgan fingerprint density at radius 1 is 1.60 bits per heavy atom. The maximum atomic E-state index is 11.9. The maximum absolute atomic E-state index is 11.9. The maximum Gasteiger partial charge on any atom is 0.330 e. The fourth-order valence-corrected chi connectivity index (χ4v) is 2.70. The Morgan fingerprint density at radius 2 is 2.30 bits per heavy atom. The molecule has 0 saturated carbocycles. The van der Waals surface area contributed by atoms with E-state index in [-0.39, 0.29) is 13.0 Å². The van der Waals surface area contributed by atoms with Gasteiger partial charge in [0.1, 0.15) is 12.3 Å². The Morgan fingerprint density at radius 3 is 2.85 bits per heavy atom. The zero-order valence-electron chi connectivity index (χ0n) is 10.1. The van der Waals surface area contributed by atoms with Crippen LogP contribution in [0.25, 0.3) is 3.58 Å². The van der Waals surface area contributed by atoms with Crippen molar-refractivity contribution in [3.63, 3.8) is 0 Å². The van der Waals surface area contributed by atoms with E-state index in [2.05, 4.69) is 4.98 Å². The lowest BCUT2D eigenvalue weighted by Crippen LogP contribution is -2.33. The molecule has 0 bridgehead atoms. The molecule has 20 heavy (non-hydrogen) atoms. The third-order valence-corrected chi connectivity index (χ3v) is 5.72. The predicted octanol–water partition coefficient (Wildman–Crippen LogP) is 0.346. The van der Waals surface area contributed by atoms with Gasteiger partial charge in [-0.15, -0.1) is 0 Å². The molecule has 0 aromatic carbocycles. The molecule has 1 aromatic heterocycles. The molecule has 1 aliphatic heterocycles. The molecule has 1 aromatic rings. The number of rotatable bonds is 3. The van der Waals surface area contributed by atoms with Crippen LogP contribution in [0.4, 0.5) is 0 Å². The van der Waals surface area contributed by atoms with E-state index >= 15 is 0 Å². The summed E-state index contributed by atoms with van der Waals surface area (Å²) in [6.45, 7) is -0.326. The minimum absolute atomic E-state index is 0.182. The Balaban J connectivity index is 2.43. The summed E-state index contributed by atoms with van der Waals surface area (Å²) in [7, 11) is 0. The molecule has 0 aliphatic carbocycles. The lowest BCUT2D eigenvalue weighted by Gasteiger charge is -2.15. The zero-order chi connectivity index (χ0) is 14.9. The molecule has 9 heteroatoms. The molecule has 110 valence electrons. The zero-order valence-corrected chi connectivity index (χ0v) is 14.4. The van der Waals surface area contributed by atoms with E-state index in [1.54, 1.807) is 4.08 Å². The number of hydrogen-bond donors (Lipinski definition) is 3. The van der Waals surface area contributed by atoms with Crippen molar-refractivity contribution in [3.05, 3.63) is 36.7 Å². The van der Waals surface area contributed by atoms with Gasteiger partial charge in [0, 0.05) is 16.2 Å². The minimum Gasteiger partial charge on any atom is -0.394 e. The van der Waals surface area contributed by atoms with Crippen LogP contribution in [0.1, 0.15) is 18.2 Å². The van der Waals surface area contributed by atoms with Crippen LogP contribution in [-0.4, -0.2) is 38.6 Å². The van der Waals surface area contributed by atoms with Gasteiger partial charge in [-0.25, -0.2) is 4.79 Å². The SMILES string of the molecule is O=c1[nH]c(=O)n([C@H]2C[C@H](O)[C@@H](CO)O2)cc1/C(I)=C\I. The van der Waals surface area contributed by atoms with Crippen molar-refractivity contribution < 1.29 is 14.9 Å². The highest BCUT2D eigenvalue weighted by Crippen LogP contribution is 2.28. The first-order chi connectivity index (χ1) is 9.47. The fraction of sp³-hybridized carbons (Fsp3) is 0.455. The number of hydrogen-bond acceptors (Lipinski definition) is 5. The molecular weight excluding hydrogens is 494 g/mol. The third-order valence-electron chi connectivity index (χ3n) is 3.02. The van der Waals surface area contributed by atoms with Crippen molar-refractivity contribution in [1.82, 2.24) is 9.55 Å². The van der Waals surface area contributed by atoms with E-state index in [1.165, 1.54) is 10.8 Å². The fourth-order valence-electron chi connectivity index (χ4n) is 1.98. The minimum atomic E-state index is -0.841. The van der Waals surface area contributed by atoms with E-state index in [4.69, 9.17) is 9.84 Å². The van der Waals surface area contributed by atoms with Crippen LogP contribution in [0, 0.1) is 0 Å². The summed E-state index contributed by atoms with van der Waals surface area (Å²) in [5.41, 5.74) is -0.724. The number of nitrogens with one attached hydrogen (secondary N) is 1. The lowest BCUT2D eigenvalue weighted by atomic mass is 10.2. The van der Waals surface area contributed by atoms with Gasteiger partial charge in [0.15, 0.2) is 0 Å².